The average Bonchev–Trinajstić information content (AvgIpc) is 2.94. The zero-order valence-electron chi connectivity index (χ0n) is 13.6. The number of halogens is 1. The van der Waals surface area contributed by atoms with Gasteiger partial charge in [0.05, 0.1) is 13.7 Å². The van der Waals surface area contributed by atoms with E-state index in [2.05, 4.69) is 10.4 Å². The summed E-state index contributed by atoms with van der Waals surface area (Å²) in [6.07, 6.45) is 1.72. The summed E-state index contributed by atoms with van der Waals surface area (Å²) in [6.45, 7) is 0.364. The Hall–Kier alpha value is -3.16. The Bertz CT molecular complexity index is 964. The van der Waals surface area contributed by atoms with Gasteiger partial charge in [-0.1, -0.05) is 12.1 Å². The molecule has 0 radical (unpaired) electrons. The van der Waals surface area contributed by atoms with E-state index in [0.717, 1.165) is 0 Å². The number of ether oxygens (including phenoxy) is 1. The molecule has 0 atom stereocenters. The monoisotopic (exact) mass is 344 g/mol. The van der Waals surface area contributed by atoms with Crippen molar-refractivity contribution in [3.63, 3.8) is 0 Å². The molecule has 1 aromatic carbocycles. The molecule has 0 aliphatic rings. The molecule has 8 heteroatoms. The SMILES string of the molecule is COc1ccc(CNC(=O)CCn2nc3ccccn3c2=O)cc1F. The first-order valence-electron chi connectivity index (χ1n) is 7.72. The molecule has 2 heterocycles. The second-order valence-corrected chi connectivity index (χ2v) is 5.43. The third-order valence-electron chi connectivity index (χ3n) is 3.74. The first-order valence-corrected chi connectivity index (χ1v) is 7.72. The topological polar surface area (TPSA) is 77.6 Å². The maximum atomic E-state index is 13.6. The number of carbonyl (C=O) groups is 1. The molecule has 0 aliphatic carbocycles. The first kappa shape index (κ1) is 16.7. The minimum absolute atomic E-state index is 0.0996. The fourth-order valence-corrected chi connectivity index (χ4v) is 2.43. The lowest BCUT2D eigenvalue weighted by Gasteiger charge is -2.07. The molecular weight excluding hydrogens is 327 g/mol. The van der Waals surface area contributed by atoms with Gasteiger partial charge in [-0.2, -0.15) is 0 Å². The Morgan fingerprint density at radius 1 is 1.32 bits per heavy atom. The highest BCUT2D eigenvalue weighted by Gasteiger charge is 2.09. The van der Waals surface area contributed by atoms with Crippen molar-refractivity contribution in [2.75, 3.05) is 7.11 Å². The van der Waals surface area contributed by atoms with Gasteiger partial charge < -0.3 is 10.1 Å². The smallest absolute Gasteiger partial charge is 0.350 e. The van der Waals surface area contributed by atoms with Crippen LogP contribution in [-0.4, -0.2) is 27.2 Å². The van der Waals surface area contributed by atoms with Gasteiger partial charge in [-0.05, 0) is 29.8 Å². The van der Waals surface area contributed by atoms with E-state index < -0.39 is 5.82 Å². The lowest BCUT2D eigenvalue weighted by atomic mass is 10.2. The van der Waals surface area contributed by atoms with Crippen LogP contribution >= 0.6 is 0 Å². The van der Waals surface area contributed by atoms with E-state index in [0.29, 0.717) is 11.2 Å². The summed E-state index contributed by atoms with van der Waals surface area (Å²) in [5.74, 6) is -0.577. The largest absolute Gasteiger partial charge is 0.494 e. The summed E-state index contributed by atoms with van der Waals surface area (Å²) in [7, 11) is 1.39. The Labute approximate surface area is 142 Å². The number of pyridine rings is 1. The number of nitrogens with zero attached hydrogens (tertiary/aromatic N) is 3. The number of aryl methyl sites for hydroxylation is 1. The second kappa shape index (κ2) is 7.16. The molecule has 3 aromatic rings. The number of rotatable bonds is 6. The maximum absolute atomic E-state index is 13.6. The number of fused-ring (bicyclic) bond motifs is 1. The van der Waals surface area contributed by atoms with Crippen molar-refractivity contribution in [2.45, 2.75) is 19.5 Å². The van der Waals surface area contributed by atoms with Crippen LogP contribution in [0.15, 0.2) is 47.4 Å². The molecule has 0 saturated carbocycles. The zero-order valence-corrected chi connectivity index (χ0v) is 13.6. The molecule has 0 aliphatic heterocycles. The van der Waals surface area contributed by atoms with E-state index in [1.165, 1.54) is 28.3 Å². The summed E-state index contributed by atoms with van der Waals surface area (Å²) in [5.41, 5.74) is 0.860. The lowest BCUT2D eigenvalue weighted by Crippen LogP contribution is -2.27. The average molecular weight is 344 g/mol. The van der Waals surface area contributed by atoms with Gasteiger partial charge in [0.25, 0.3) is 0 Å². The van der Waals surface area contributed by atoms with Crippen LogP contribution in [0.1, 0.15) is 12.0 Å². The van der Waals surface area contributed by atoms with Crippen LogP contribution in [0.2, 0.25) is 0 Å². The van der Waals surface area contributed by atoms with Crippen molar-refractivity contribution >= 4 is 11.6 Å². The van der Waals surface area contributed by atoms with Gasteiger partial charge in [0.15, 0.2) is 17.2 Å². The number of aromatic nitrogens is 3. The molecule has 0 unspecified atom stereocenters. The molecule has 1 N–H and O–H groups in total. The van der Waals surface area contributed by atoms with Crippen molar-refractivity contribution in [3.8, 4) is 5.75 Å². The quantitative estimate of drug-likeness (QED) is 0.732. The molecular formula is C17H17FN4O3. The minimum atomic E-state index is -0.481. The first-order chi connectivity index (χ1) is 12.1. The number of benzene rings is 1. The molecule has 0 fully saturated rings. The van der Waals surface area contributed by atoms with Crippen LogP contribution in [0.25, 0.3) is 5.65 Å². The molecule has 130 valence electrons. The molecule has 2 aromatic heterocycles. The molecule has 7 nitrogen and oxygen atoms in total. The van der Waals surface area contributed by atoms with Crippen LogP contribution in [0, 0.1) is 5.82 Å². The molecule has 0 spiro atoms. The third kappa shape index (κ3) is 3.68. The highest BCUT2D eigenvalue weighted by molar-refractivity contribution is 5.75. The van der Waals surface area contributed by atoms with Crippen molar-refractivity contribution in [1.82, 2.24) is 19.5 Å². The van der Waals surface area contributed by atoms with Crippen molar-refractivity contribution < 1.29 is 13.9 Å². The Morgan fingerprint density at radius 2 is 2.16 bits per heavy atom. The molecule has 1 amide bonds. The van der Waals surface area contributed by atoms with Gasteiger partial charge in [0.1, 0.15) is 0 Å². The van der Waals surface area contributed by atoms with Crippen molar-refractivity contribution in [1.29, 1.82) is 0 Å². The van der Waals surface area contributed by atoms with E-state index >= 15 is 0 Å². The highest BCUT2D eigenvalue weighted by atomic mass is 19.1. The van der Waals surface area contributed by atoms with Crippen LogP contribution in [-0.2, 0) is 17.9 Å². The normalized spacial score (nSPS) is 10.8. The van der Waals surface area contributed by atoms with Gasteiger partial charge >= 0.3 is 5.69 Å². The third-order valence-corrected chi connectivity index (χ3v) is 3.74. The second-order valence-electron chi connectivity index (χ2n) is 5.43. The van der Waals surface area contributed by atoms with Crippen molar-refractivity contribution in [2.24, 2.45) is 0 Å². The predicted octanol–water partition coefficient (Wildman–Crippen LogP) is 1.35. The zero-order chi connectivity index (χ0) is 17.8. The van der Waals surface area contributed by atoms with E-state index in [1.807, 2.05) is 0 Å². The van der Waals surface area contributed by atoms with Crippen LogP contribution in [0.5, 0.6) is 5.75 Å². The summed E-state index contributed by atoms with van der Waals surface area (Å²) >= 11 is 0. The van der Waals surface area contributed by atoms with Gasteiger partial charge in [-0.25, -0.2) is 13.9 Å². The predicted molar refractivity (Wildman–Crippen MR) is 88.9 cm³/mol. The molecule has 3 rings (SSSR count). The van der Waals surface area contributed by atoms with E-state index in [1.54, 1.807) is 30.5 Å². The van der Waals surface area contributed by atoms with Crippen molar-refractivity contribution in [3.05, 3.63) is 64.5 Å². The van der Waals surface area contributed by atoms with Gasteiger partial charge in [0, 0.05) is 19.2 Å². The van der Waals surface area contributed by atoms with Gasteiger partial charge in [-0.3, -0.25) is 9.20 Å². The maximum Gasteiger partial charge on any atom is 0.350 e. The number of hydrogen-bond acceptors (Lipinski definition) is 4. The Kier molecular flexibility index (Phi) is 4.78. The fraction of sp³-hybridized carbons (Fsp3) is 0.235. The number of methoxy groups -OCH3 is 1. The van der Waals surface area contributed by atoms with E-state index in [-0.39, 0.29) is 36.9 Å². The molecule has 0 bridgehead atoms. The number of hydrogen-bond donors (Lipinski definition) is 1. The summed E-state index contributed by atoms with van der Waals surface area (Å²) in [6, 6.07) is 9.73. The highest BCUT2D eigenvalue weighted by Crippen LogP contribution is 2.17. The lowest BCUT2D eigenvalue weighted by molar-refractivity contribution is -0.121. The number of amides is 1. The standard InChI is InChI=1S/C17H17FN4O3/c1-25-14-6-5-12(10-13(14)18)11-19-16(23)7-9-22-17(24)21-8-3-2-4-15(21)20-22/h2-6,8,10H,7,9,11H2,1H3,(H,19,23). The van der Waals surface area contributed by atoms with E-state index in [9.17, 15) is 14.0 Å². The molecule has 0 saturated heterocycles. The van der Waals surface area contributed by atoms with Crippen LogP contribution < -0.4 is 15.7 Å². The van der Waals surface area contributed by atoms with Crippen LogP contribution in [0.4, 0.5) is 4.39 Å². The summed E-state index contributed by atoms with van der Waals surface area (Å²) in [4.78, 5) is 24.0. The summed E-state index contributed by atoms with van der Waals surface area (Å²) in [5, 5.41) is 6.85. The number of carbonyl (C=O) groups excluding carboxylic acids is 1. The Morgan fingerprint density at radius 3 is 2.88 bits per heavy atom. The number of nitrogens with one attached hydrogen (secondary N) is 1. The van der Waals surface area contributed by atoms with Gasteiger partial charge in [0.2, 0.25) is 5.91 Å². The minimum Gasteiger partial charge on any atom is -0.494 e. The van der Waals surface area contributed by atoms with Crippen LogP contribution in [0.3, 0.4) is 0 Å². The Balaban J connectivity index is 1.56. The fourth-order valence-electron chi connectivity index (χ4n) is 2.43. The summed E-state index contributed by atoms with van der Waals surface area (Å²) < 4.78 is 21.1. The van der Waals surface area contributed by atoms with E-state index in [4.69, 9.17) is 4.74 Å². The van der Waals surface area contributed by atoms with Gasteiger partial charge in [-0.15, -0.1) is 5.10 Å². The molecule has 25 heavy (non-hydrogen) atoms.